The fourth-order valence-electron chi connectivity index (χ4n) is 1.55. The minimum Gasteiger partial charge on any atom is -0.385 e. The Balaban J connectivity index is 3.44. The van der Waals surface area contributed by atoms with Gasteiger partial charge in [-0.05, 0) is 12.8 Å². The number of hydrogen-bond acceptors (Lipinski definition) is 3. The molecule has 0 unspecified atom stereocenters. The number of methoxy groups -OCH3 is 1. The molecule has 0 aromatic carbocycles. The van der Waals surface area contributed by atoms with E-state index < -0.39 is 0 Å². The molecule has 0 radical (unpaired) electrons. The molecule has 0 aliphatic heterocycles. The molecule has 0 atom stereocenters. The number of hydrogen-bond donors (Lipinski definition) is 0. The number of carbonyl (C=O) groups excluding carboxylic acids is 2. The lowest BCUT2D eigenvalue weighted by Crippen LogP contribution is -2.14. The molecule has 0 aliphatic carbocycles. The van der Waals surface area contributed by atoms with Gasteiger partial charge in [0.2, 0.25) is 0 Å². The van der Waals surface area contributed by atoms with Crippen molar-refractivity contribution in [1.29, 1.82) is 0 Å². The van der Waals surface area contributed by atoms with Gasteiger partial charge in [0.25, 0.3) is 0 Å². The van der Waals surface area contributed by atoms with E-state index in [0.717, 1.165) is 12.8 Å². The van der Waals surface area contributed by atoms with Crippen molar-refractivity contribution in [2.75, 3.05) is 13.7 Å². The van der Waals surface area contributed by atoms with Gasteiger partial charge in [0.15, 0.2) is 11.6 Å². The van der Waals surface area contributed by atoms with E-state index in [1.54, 1.807) is 7.11 Å². The SMILES string of the molecule is CCCCCCCC(=O)C(=O)CCCOC. The fourth-order valence-corrected chi connectivity index (χ4v) is 1.55. The highest BCUT2D eigenvalue weighted by molar-refractivity contribution is 6.37. The van der Waals surface area contributed by atoms with E-state index in [2.05, 4.69) is 6.92 Å². The molecule has 0 N–H and O–H groups in total. The third kappa shape index (κ3) is 8.60. The van der Waals surface area contributed by atoms with Crippen LogP contribution in [0, 0.1) is 0 Å². The Morgan fingerprint density at radius 1 is 0.875 bits per heavy atom. The summed E-state index contributed by atoms with van der Waals surface area (Å²) >= 11 is 0. The molecular weight excluding hydrogens is 204 g/mol. The van der Waals surface area contributed by atoms with Gasteiger partial charge in [0.05, 0.1) is 0 Å². The average molecular weight is 228 g/mol. The summed E-state index contributed by atoms with van der Waals surface area (Å²) in [6, 6.07) is 0. The highest BCUT2D eigenvalue weighted by Crippen LogP contribution is 2.06. The van der Waals surface area contributed by atoms with E-state index in [1.807, 2.05) is 0 Å². The van der Waals surface area contributed by atoms with E-state index in [9.17, 15) is 9.59 Å². The standard InChI is InChI=1S/C13H24O3/c1-3-4-5-6-7-9-12(14)13(15)10-8-11-16-2/h3-11H2,1-2H3. The third-order valence-electron chi connectivity index (χ3n) is 2.57. The number of ketones is 2. The number of rotatable bonds is 11. The van der Waals surface area contributed by atoms with Crippen LogP contribution in [0.4, 0.5) is 0 Å². The van der Waals surface area contributed by atoms with Crippen molar-refractivity contribution in [3.05, 3.63) is 0 Å². The highest BCUT2D eigenvalue weighted by atomic mass is 16.5. The van der Waals surface area contributed by atoms with Gasteiger partial charge in [-0.3, -0.25) is 9.59 Å². The molecule has 0 amide bonds. The summed E-state index contributed by atoms with van der Waals surface area (Å²) in [6.45, 7) is 2.71. The topological polar surface area (TPSA) is 43.4 Å². The molecule has 0 saturated carbocycles. The Labute approximate surface area is 98.6 Å². The maximum absolute atomic E-state index is 11.4. The second-order valence-corrected chi connectivity index (χ2v) is 4.11. The van der Waals surface area contributed by atoms with E-state index >= 15 is 0 Å². The summed E-state index contributed by atoms with van der Waals surface area (Å²) in [5.74, 6) is -0.430. The van der Waals surface area contributed by atoms with Crippen molar-refractivity contribution in [1.82, 2.24) is 0 Å². The smallest absolute Gasteiger partial charge is 0.198 e. The summed E-state index contributed by atoms with van der Waals surface area (Å²) in [6.07, 6.45) is 6.91. The molecule has 0 fully saturated rings. The van der Waals surface area contributed by atoms with Crippen LogP contribution in [0.25, 0.3) is 0 Å². The van der Waals surface area contributed by atoms with Gasteiger partial charge in [-0.25, -0.2) is 0 Å². The predicted molar refractivity (Wildman–Crippen MR) is 64.5 cm³/mol. The first-order valence-electron chi connectivity index (χ1n) is 6.27. The van der Waals surface area contributed by atoms with E-state index in [0.29, 0.717) is 25.9 Å². The summed E-state index contributed by atoms with van der Waals surface area (Å²) in [4.78, 5) is 22.7. The molecule has 0 aromatic heterocycles. The minimum absolute atomic E-state index is 0.201. The van der Waals surface area contributed by atoms with Crippen LogP contribution in [0.1, 0.15) is 58.3 Å². The predicted octanol–water partition coefficient (Wildman–Crippen LogP) is 2.91. The van der Waals surface area contributed by atoms with E-state index in [1.165, 1.54) is 19.3 Å². The second-order valence-electron chi connectivity index (χ2n) is 4.11. The first-order chi connectivity index (χ1) is 7.72. The summed E-state index contributed by atoms with van der Waals surface area (Å²) in [5, 5.41) is 0. The van der Waals surface area contributed by atoms with Gasteiger partial charge in [0, 0.05) is 26.6 Å². The Hall–Kier alpha value is -0.700. The zero-order chi connectivity index (χ0) is 12.2. The number of Topliss-reactive ketones (excluding diaryl/α,β-unsaturated/α-hetero) is 2. The molecule has 0 rings (SSSR count). The number of unbranched alkanes of at least 4 members (excludes halogenated alkanes) is 4. The minimum atomic E-state index is -0.229. The molecule has 0 heterocycles. The second kappa shape index (κ2) is 10.8. The van der Waals surface area contributed by atoms with Crippen LogP contribution >= 0.6 is 0 Å². The Bertz CT molecular complexity index is 199. The average Bonchev–Trinajstić information content (AvgIpc) is 2.28. The molecular formula is C13H24O3. The monoisotopic (exact) mass is 228 g/mol. The Kier molecular flexibility index (Phi) is 10.3. The van der Waals surface area contributed by atoms with Gasteiger partial charge in [0.1, 0.15) is 0 Å². The Morgan fingerprint density at radius 2 is 1.44 bits per heavy atom. The molecule has 0 spiro atoms. The Morgan fingerprint density at radius 3 is 2.00 bits per heavy atom. The van der Waals surface area contributed by atoms with Crippen LogP contribution in [-0.4, -0.2) is 25.3 Å². The first-order valence-corrected chi connectivity index (χ1v) is 6.27. The lowest BCUT2D eigenvalue weighted by Gasteiger charge is -2.01. The van der Waals surface area contributed by atoms with Crippen molar-refractivity contribution in [2.24, 2.45) is 0 Å². The lowest BCUT2D eigenvalue weighted by molar-refractivity contribution is -0.136. The molecule has 0 aromatic rings. The van der Waals surface area contributed by atoms with Crippen molar-refractivity contribution in [3.63, 3.8) is 0 Å². The van der Waals surface area contributed by atoms with E-state index in [4.69, 9.17) is 4.74 Å². The van der Waals surface area contributed by atoms with Gasteiger partial charge in [-0.1, -0.05) is 32.6 Å². The van der Waals surface area contributed by atoms with Gasteiger partial charge >= 0.3 is 0 Å². The first kappa shape index (κ1) is 15.3. The van der Waals surface area contributed by atoms with Crippen molar-refractivity contribution in [2.45, 2.75) is 58.3 Å². The van der Waals surface area contributed by atoms with Gasteiger partial charge in [-0.15, -0.1) is 0 Å². The van der Waals surface area contributed by atoms with Crippen molar-refractivity contribution in [3.8, 4) is 0 Å². The molecule has 0 bridgehead atoms. The maximum atomic E-state index is 11.4. The van der Waals surface area contributed by atoms with Crippen LogP contribution in [-0.2, 0) is 14.3 Å². The highest BCUT2D eigenvalue weighted by Gasteiger charge is 2.12. The zero-order valence-electron chi connectivity index (χ0n) is 10.6. The summed E-state index contributed by atoms with van der Waals surface area (Å²) < 4.78 is 4.83. The normalized spacial score (nSPS) is 10.4. The molecule has 16 heavy (non-hydrogen) atoms. The van der Waals surface area contributed by atoms with Gasteiger partial charge in [-0.2, -0.15) is 0 Å². The van der Waals surface area contributed by atoms with Crippen LogP contribution in [0.2, 0.25) is 0 Å². The van der Waals surface area contributed by atoms with Crippen LogP contribution in [0.5, 0.6) is 0 Å². The van der Waals surface area contributed by atoms with Gasteiger partial charge < -0.3 is 4.74 Å². The summed E-state index contributed by atoms with van der Waals surface area (Å²) in [5.41, 5.74) is 0. The van der Waals surface area contributed by atoms with Crippen LogP contribution in [0.3, 0.4) is 0 Å². The molecule has 0 aliphatic rings. The van der Waals surface area contributed by atoms with Crippen molar-refractivity contribution >= 4 is 11.6 Å². The van der Waals surface area contributed by atoms with Crippen LogP contribution < -0.4 is 0 Å². The van der Waals surface area contributed by atoms with E-state index in [-0.39, 0.29) is 11.6 Å². The lowest BCUT2D eigenvalue weighted by atomic mass is 10.0. The number of ether oxygens (including phenoxy) is 1. The maximum Gasteiger partial charge on any atom is 0.198 e. The number of carbonyl (C=O) groups is 2. The quantitative estimate of drug-likeness (QED) is 0.403. The fraction of sp³-hybridized carbons (Fsp3) is 0.846. The molecule has 3 nitrogen and oxygen atoms in total. The largest absolute Gasteiger partial charge is 0.385 e. The van der Waals surface area contributed by atoms with Crippen molar-refractivity contribution < 1.29 is 14.3 Å². The zero-order valence-corrected chi connectivity index (χ0v) is 10.6. The third-order valence-corrected chi connectivity index (χ3v) is 2.57. The summed E-state index contributed by atoms with van der Waals surface area (Å²) in [7, 11) is 1.60. The molecule has 3 heteroatoms. The molecule has 0 saturated heterocycles. The molecule has 94 valence electrons. The van der Waals surface area contributed by atoms with Crippen LogP contribution in [0.15, 0.2) is 0 Å².